The van der Waals surface area contributed by atoms with Gasteiger partial charge in [0.05, 0.1) is 24.2 Å². The van der Waals surface area contributed by atoms with Crippen LogP contribution in [0.4, 0.5) is 4.79 Å². The molecule has 1 aromatic carbocycles. The summed E-state index contributed by atoms with van der Waals surface area (Å²) in [6, 6.07) is 5.42. The smallest absolute Gasteiger partial charge is 0.407 e. The molecule has 2 N–H and O–H groups in total. The van der Waals surface area contributed by atoms with Gasteiger partial charge in [0.2, 0.25) is 5.91 Å². The van der Waals surface area contributed by atoms with Crippen LogP contribution in [-0.4, -0.2) is 54.4 Å². The van der Waals surface area contributed by atoms with Gasteiger partial charge in [-0.25, -0.2) is 9.78 Å². The molecule has 2 aromatic rings. The van der Waals surface area contributed by atoms with Gasteiger partial charge in [0.25, 0.3) is 0 Å². The summed E-state index contributed by atoms with van der Waals surface area (Å²) < 4.78 is 4.72. The second kappa shape index (κ2) is 6.83. The molecule has 148 valence electrons. The summed E-state index contributed by atoms with van der Waals surface area (Å²) in [4.78, 5) is 35.3. The van der Waals surface area contributed by atoms with Crippen LogP contribution in [0.5, 0.6) is 0 Å². The van der Waals surface area contributed by atoms with Crippen molar-refractivity contribution in [2.45, 2.75) is 45.2 Å². The van der Waals surface area contributed by atoms with E-state index in [9.17, 15) is 9.59 Å². The predicted octanol–water partition coefficient (Wildman–Crippen LogP) is 1.26. The number of alkyl carbamates (subject to hydrolysis) is 1. The molecule has 2 aliphatic rings. The number of carbonyl (C=O) groups is 2. The summed E-state index contributed by atoms with van der Waals surface area (Å²) >= 11 is 0. The third kappa shape index (κ3) is 3.36. The Morgan fingerprint density at radius 3 is 2.79 bits per heavy atom. The second-order valence-corrected chi connectivity index (χ2v) is 8.69. The van der Waals surface area contributed by atoms with E-state index in [4.69, 9.17) is 9.72 Å². The van der Waals surface area contributed by atoms with Crippen LogP contribution in [0.25, 0.3) is 11.0 Å². The highest BCUT2D eigenvalue weighted by Crippen LogP contribution is 2.58. The van der Waals surface area contributed by atoms with Crippen LogP contribution in [-0.2, 0) is 9.53 Å². The van der Waals surface area contributed by atoms with Crippen molar-refractivity contribution in [1.29, 1.82) is 0 Å². The number of hydrogen-bond acceptors (Lipinski definition) is 4. The lowest BCUT2D eigenvalue weighted by Crippen LogP contribution is -2.51. The summed E-state index contributed by atoms with van der Waals surface area (Å²) in [5, 5.41) is 2.71. The number of fused-ring (bicyclic) bond motifs is 1. The number of nitrogens with one attached hydrogen (secondary N) is 2. The Hall–Kier alpha value is -2.51. The van der Waals surface area contributed by atoms with Crippen molar-refractivity contribution in [2.24, 2.45) is 11.3 Å². The number of amides is 2. The number of aromatic amines is 1. The zero-order chi connectivity index (χ0) is 20.1. The molecule has 1 aromatic heterocycles. The van der Waals surface area contributed by atoms with Crippen LogP contribution < -0.4 is 10.8 Å². The lowest BCUT2D eigenvalue weighted by atomic mass is 9.96. The topological polar surface area (TPSA) is 87.3 Å². The second-order valence-electron chi connectivity index (χ2n) is 8.69. The maximum atomic E-state index is 13.4. The highest BCUT2D eigenvalue weighted by molar-refractivity contribution is 6.33. The zero-order valence-corrected chi connectivity index (χ0v) is 16.9. The number of nitrogens with zero attached hydrogens (tertiary/aromatic N) is 2. The molecule has 1 saturated carbocycles. The van der Waals surface area contributed by atoms with Gasteiger partial charge >= 0.3 is 6.09 Å². The molecular weight excluding hydrogens is 355 g/mol. The van der Waals surface area contributed by atoms with Gasteiger partial charge in [-0.3, -0.25) is 4.79 Å². The highest BCUT2D eigenvalue weighted by atomic mass is 16.5. The van der Waals surface area contributed by atoms with Crippen molar-refractivity contribution >= 4 is 36.3 Å². The van der Waals surface area contributed by atoms with E-state index >= 15 is 0 Å². The minimum Gasteiger partial charge on any atom is -0.453 e. The molecule has 2 atom stereocenters. The van der Waals surface area contributed by atoms with E-state index in [0.717, 1.165) is 42.7 Å². The van der Waals surface area contributed by atoms with Crippen molar-refractivity contribution in [3.05, 3.63) is 24.0 Å². The Bertz CT molecular complexity index is 921. The molecule has 4 rings (SSSR count). The number of hydrogen-bond donors (Lipinski definition) is 2. The van der Waals surface area contributed by atoms with Crippen LogP contribution in [0.3, 0.4) is 0 Å². The average molecular weight is 382 g/mol. The molecule has 7 nitrogen and oxygen atoms in total. The van der Waals surface area contributed by atoms with Crippen LogP contribution in [0.1, 0.15) is 45.0 Å². The molecular formula is C20H27BN4O3. The number of rotatable bonds is 4. The summed E-state index contributed by atoms with van der Waals surface area (Å²) in [6.07, 6.45) is 2.62. The standard InChI is InChI=1S/C20H27BN4O3/c1-11(2)16(24-19(27)28-3)18(26)25-10-20(6-7-20)9-15(25)17-22-13-5-4-12(21)8-14(13)23-17/h4-5,8,11,15-16H,6-7,9-10,21H2,1-3H3,(H,22,23)(H,24,27)/t15-,16-/m0/s1. The van der Waals surface area contributed by atoms with Crippen LogP contribution >= 0.6 is 0 Å². The first kappa shape index (κ1) is 18.8. The van der Waals surface area contributed by atoms with Gasteiger partial charge < -0.3 is 19.9 Å². The summed E-state index contributed by atoms with van der Waals surface area (Å²) in [7, 11) is 3.36. The maximum Gasteiger partial charge on any atom is 0.407 e. The predicted molar refractivity (Wildman–Crippen MR) is 109 cm³/mol. The highest BCUT2D eigenvalue weighted by Gasteiger charge is 2.55. The Labute approximate surface area is 165 Å². The molecule has 8 heteroatoms. The SMILES string of the molecule is Bc1ccc2nc([C@@H]3CC4(CC4)CN3C(=O)[C@@H](NC(=O)OC)C(C)C)[nH]c2c1. The van der Waals surface area contributed by atoms with Crippen molar-refractivity contribution in [3.63, 3.8) is 0 Å². The lowest BCUT2D eigenvalue weighted by Gasteiger charge is -2.30. The van der Waals surface area contributed by atoms with Crippen LogP contribution in [0, 0.1) is 11.3 Å². The zero-order valence-electron chi connectivity index (χ0n) is 16.9. The van der Waals surface area contributed by atoms with Gasteiger partial charge in [-0.1, -0.05) is 25.4 Å². The third-order valence-electron chi connectivity index (χ3n) is 6.11. The fraction of sp³-hybridized carbons (Fsp3) is 0.550. The number of imidazole rings is 1. The third-order valence-corrected chi connectivity index (χ3v) is 6.11. The normalized spacial score (nSPS) is 21.3. The number of ether oxygens (including phenoxy) is 1. The first-order valence-electron chi connectivity index (χ1n) is 9.93. The monoisotopic (exact) mass is 382 g/mol. The van der Waals surface area contributed by atoms with Crippen LogP contribution in [0.2, 0.25) is 0 Å². The Balaban J connectivity index is 1.65. The quantitative estimate of drug-likeness (QED) is 0.780. The molecule has 2 amide bonds. The molecule has 1 aliphatic carbocycles. The average Bonchev–Trinajstić information content (AvgIpc) is 3.11. The molecule has 2 heterocycles. The Morgan fingerprint density at radius 2 is 2.14 bits per heavy atom. The van der Waals surface area contributed by atoms with E-state index in [0.29, 0.717) is 0 Å². The van der Waals surface area contributed by atoms with E-state index in [1.165, 1.54) is 12.6 Å². The first-order chi connectivity index (χ1) is 13.3. The Kier molecular flexibility index (Phi) is 4.60. The molecule has 0 radical (unpaired) electrons. The van der Waals surface area contributed by atoms with Crippen molar-refractivity contribution in [3.8, 4) is 0 Å². The molecule has 1 saturated heterocycles. The van der Waals surface area contributed by atoms with Crippen LogP contribution in [0.15, 0.2) is 18.2 Å². The van der Waals surface area contributed by atoms with Gasteiger partial charge in [-0.2, -0.15) is 0 Å². The first-order valence-corrected chi connectivity index (χ1v) is 9.93. The van der Waals surface area contributed by atoms with E-state index in [-0.39, 0.29) is 23.3 Å². The largest absolute Gasteiger partial charge is 0.453 e. The molecule has 0 unspecified atom stereocenters. The number of aromatic nitrogens is 2. The van der Waals surface area contributed by atoms with E-state index in [2.05, 4.69) is 24.2 Å². The molecule has 2 fully saturated rings. The lowest BCUT2D eigenvalue weighted by molar-refractivity contribution is -0.135. The van der Waals surface area contributed by atoms with Crippen molar-refractivity contribution < 1.29 is 14.3 Å². The summed E-state index contributed by atoms with van der Waals surface area (Å²) in [5.74, 6) is 0.727. The van der Waals surface area contributed by atoms with Gasteiger partial charge in [0.15, 0.2) is 0 Å². The van der Waals surface area contributed by atoms with Gasteiger partial charge in [-0.15, -0.1) is 0 Å². The minimum absolute atomic E-state index is 0.0404. The Morgan fingerprint density at radius 1 is 1.39 bits per heavy atom. The van der Waals surface area contributed by atoms with Gasteiger partial charge in [-0.05, 0) is 42.7 Å². The maximum absolute atomic E-state index is 13.4. The summed E-state index contributed by atoms with van der Waals surface area (Å²) in [6.45, 7) is 4.58. The number of likely N-dealkylation sites (tertiary alicyclic amines) is 1. The molecule has 28 heavy (non-hydrogen) atoms. The van der Waals surface area contributed by atoms with Crippen molar-refractivity contribution in [1.82, 2.24) is 20.2 Å². The molecule has 0 bridgehead atoms. The number of carbonyl (C=O) groups excluding carboxylic acids is 2. The fourth-order valence-corrected chi connectivity index (χ4v) is 4.25. The van der Waals surface area contributed by atoms with E-state index in [1.54, 1.807) is 0 Å². The van der Waals surface area contributed by atoms with Crippen molar-refractivity contribution in [2.75, 3.05) is 13.7 Å². The van der Waals surface area contributed by atoms with E-state index < -0.39 is 12.1 Å². The number of methoxy groups -OCH3 is 1. The fourth-order valence-electron chi connectivity index (χ4n) is 4.25. The molecule has 1 spiro atoms. The van der Waals surface area contributed by atoms with Gasteiger partial charge in [0.1, 0.15) is 19.7 Å². The van der Waals surface area contributed by atoms with E-state index in [1.807, 2.05) is 30.9 Å². The number of benzene rings is 1. The minimum atomic E-state index is -0.615. The molecule has 1 aliphatic heterocycles. The number of H-pyrrole nitrogens is 1. The summed E-state index contributed by atoms with van der Waals surface area (Å²) in [5.41, 5.74) is 3.29. The van der Waals surface area contributed by atoms with Gasteiger partial charge in [0, 0.05) is 6.54 Å².